The van der Waals surface area contributed by atoms with Crippen LogP contribution >= 0.6 is 0 Å². The molecule has 18 heavy (non-hydrogen) atoms. The van der Waals surface area contributed by atoms with Crippen molar-refractivity contribution < 1.29 is 9.59 Å². The molecule has 3 amide bonds. The van der Waals surface area contributed by atoms with E-state index in [1.165, 1.54) is 11.0 Å². The van der Waals surface area contributed by atoms with Crippen molar-refractivity contribution >= 4 is 11.9 Å². The number of hydrogen-bond donors (Lipinski definition) is 1. The molecule has 2 rings (SSSR count). The Morgan fingerprint density at radius 3 is 2.50 bits per heavy atom. The van der Waals surface area contributed by atoms with Crippen LogP contribution in [0.4, 0.5) is 4.79 Å². The molecule has 1 aromatic rings. The number of imide groups is 1. The Balaban J connectivity index is 1.99. The Labute approximate surface area is 106 Å². The highest BCUT2D eigenvalue weighted by molar-refractivity contribution is 6.03. The van der Waals surface area contributed by atoms with E-state index < -0.39 is 5.54 Å². The number of rotatable bonds is 2. The van der Waals surface area contributed by atoms with Crippen molar-refractivity contribution in [2.24, 2.45) is 0 Å². The van der Waals surface area contributed by atoms with Crippen LogP contribution in [0.3, 0.4) is 0 Å². The average Bonchev–Trinajstić information content (AvgIpc) is 2.62. The van der Waals surface area contributed by atoms with Crippen LogP contribution in [-0.4, -0.2) is 22.4 Å². The number of carbonyl (C=O) groups is 2. The van der Waals surface area contributed by atoms with E-state index in [-0.39, 0.29) is 11.9 Å². The van der Waals surface area contributed by atoms with Gasteiger partial charge in [0.1, 0.15) is 0 Å². The molecular formula is C14H16N2O2. The number of hydrogen-bond acceptors (Lipinski definition) is 2. The van der Waals surface area contributed by atoms with E-state index in [1.54, 1.807) is 6.08 Å². The lowest BCUT2D eigenvalue weighted by atomic mass is 10.1. The standard InChI is InChI=1S/C14H16N2O2/c1-14(2)9-8-12(17)16(14)13(18)15-10-11-6-4-3-5-7-11/h3-9H,10H2,1-2H3,(H,15,18). The predicted octanol–water partition coefficient (Wildman–Crippen LogP) is 2.07. The van der Waals surface area contributed by atoms with Gasteiger partial charge in [0.25, 0.3) is 5.91 Å². The number of carbonyl (C=O) groups excluding carboxylic acids is 2. The number of nitrogens with zero attached hydrogens (tertiary/aromatic N) is 1. The zero-order valence-electron chi connectivity index (χ0n) is 10.5. The highest BCUT2D eigenvalue weighted by atomic mass is 16.2. The normalized spacial score (nSPS) is 17.0. The summed E-state index contributed by atoms with van der Waals surface area (Å²) in [5, 5.41) is 2.75. The van der Waals surface area contributed by atoms with Gasteiger partial charge in [0.2, 0.25) is 0 Å². The minimum atomic E-state index is -0.558. The van der Waals surface area contributed by atoms with E-state index in [0.29, 0.717) is 6.54 Å². The topological polar surface area (TPSA) is 49.4 Å². The van der Waals surface area contributed by atoms with Crippen LogP contribution in [0.2, 0.25) is 0 Å². The number of nitrogens with one attached hydrogen (secondary N) is 1. The molecule has 94 valence electrons. The summed E-state index contributed by atoms with van der Waals surface area (Å²) in [6, 6.07) is 9.23. The van der Waals surface area contributed by atoms with Crippen LogP contribution in [0.25, 0.3) is 0 Å². The molecule has 1 aliphatic rings. The van der Waals surface area contributed by atoms with Crippen LogP contribution in [0.15, 0.2) is 42.5 Å². The van der Waals surface area contributed by atoms with Gasteiger partial charge in [-0.3, -0.25) is 9.69 Å². The van der Waals surface area contributed by atoms with Crippen molar-refractivity contribution in [2.75, 3.05) is 0 Å². The maximum absolute atomic E-state index is 12.0. The molecule has 0 radical (unpaired) electrons. The number of benzene rings is 1. The molecule has 4 heteroatoms. The summed E-state index contributed by atoms with van der Waals surface area (Å²) in [5.41, 5.74) is 0.445. The van der Waals surface area contributed by atoms with E-state index in [1.807, 2.05) is 44.2 Å². The van der Waals surface area contributed by atoms with Crippen molar-refractivity contribution in [3.63, 3.8) is 0 Å². The highest BCUT2D eigenvalue weighted by Gasteiger charge is 2.37. The smallest absolute Gasteiger partial charge is 0.325 e. The zero-order chi connectivity index (χ0) is 13.2. The van der Waals surface area contributed by atoms with Gasteiger partial charge in [-0.2, -0.15) is 0 Å². The molecular weight excluding hydrogens is 228 g/mol. The zero-order valence-corrected chi connectivity index (χ0v) is 10.5. The summed E-state index contributed by atoms with van der Waals surface area (Å²) in [6.45, 7) is 4.08. The van der Waals surface area contributed by atoms with Gasteiger partial charge >= 0.3 is 6.03 Å². The van der Waals surface area contributed by atoms with Crippen molar-refractivity contribution in [1.82, 2.24) is 10.2 Å². The lowest BCUT2D eigenvalue weighted by Crippen LogP contribution is -2.50. The van der Waals surface area contributed by atoms with Gasteiger partial charge in [-0.25, -0.2) is 4.79 Å². The minimum absolute atomic E-state index is 0.273. The maximum atomic E-state index is 12.0. The van der Waals surface area contributed by atoms with Gasteiger partial charge in [0.15, 0.2) is 0 Å². The molecule has 1 N–H and O–H groups in total. The van der Waals surface area contributed by atoms with E-state index in [4.69, 9.17) is 0 Å². The van der Waals surface area contributed by atoms with Crippen LogP contribution in [0, 0.1) is 0 Å². The highest BCUT2D eigenvalue weighted by Crippen LogP contribution is 2.22. The molecule has 0 unspecified atom stereocenters. The van der Waals surface area contributed by atoms with Crippen LogP contribution in [0.5, 0.6) is 0 Å². The lowest BCUT2D eigenvalue weighted by molar-refractivity contribution is -0.124. The fourth-order valence-corrected chi connectivity index (χ4v) is 1.92. The third-order valence-electron chi connectivity index (χ3n) is 2.92. The molecule has 0 spiro atoms. The molecule has 4 nitrogen and oxygen atoms in total. The average molecular weight is 244 g/mol. The third kappa shape index (κ3) is 2.42. The maximum Gasteiger partial charge on any atom is 0.325 e. The Hall–Kier alpha value is -2.10. The molecule has 1 aromatic carbocycles. The first-order valence-electron chi connectivity index (χ1n) is 5.86. The van der Waals surface area contributed by atoms with Crippen molar-refractivity contribution in [2.45, 2.75) is 25.9 Å². The molecule has 0 saturated heterocycles. The quantitative estimate of drug-likeness (QED) is 0.865. The van der Waals surface area contributed by atoms with Crippen molar-refractivity contribution in [1.29, 1.82) is 0 Å². The van der Waals surface area contributed by atoms with Gasteiger partial charge < -0.3 is 5.32 Å². The van der Waals surface area contributed by atoms with Crippen molar-refractivity contribution in [3.05, 3.63) is 48.0 Å². The summed E-state index contributed by atoms with van der Waals surface area (Å²) in [6.07, 6.45) is 3.17. The molecule has 0 atom stereocenters. The number of amides is 3. The Morgan fingerprint density at radius 1 is 1.28 bits per heavy atom. The molecule has 1 heterocycles. The summed E-state index contributed by atoms with van der Waals surface area (Å²) in [4.78, 5) is 24.9. The van der Waals surface area contributed by atoms with Gasteiger partial charge in [-0.05, 0) is 19.4 Å². The predicted molar refractivity (Wildman–Crippen MR) is 68.7 cm³/mol. The Morgan fingerprint density at radius 2 is 1.94 bits per heavy atom. The molecule has 0 fully saturated rings. The molecule has 0 bridgehead atoms. The van der Waals surface area contributed by atoms with Gasteiger partial charge in [-0.1, -0.05) is 36.4 Å². The molecule has 1 aliphatic heterocycles. The Kier molecular flexibility index (Phi) is 3.19. The summed E-state index contributed by atoms with van der Waals surface area (Å²) >= 11 is 0. The van der Waals surface area contributed by atoms with Crippen LogP contribution in [0.1, 0.15) is 19.4 Å². The van der Waals surface area contributed by atoms with E-state index in [2.05, 4.69) is 5.32 Å². The van der Waals surface area contributed by atoms with E-state index in [0.717, 1.165) is 5.56 Å². The fourth-order valence-electron chi connectivity index (χ4n) is 1.92. The van der Waals surface area contributed by atoms with Gasteiger partial charge in [0.05, 0.1) is 5.54 Å². The lowest BCUT2D eigenvalue weighted by Gasteiger charge is -2.29. The van der Waals surface area contributed by atoms with Crippen molar-refractivity contribution in [3.8, 4) is 0 Å². The SMILES string of the molecule is CC1(C)C=CC(=O)N1C(=O)NCc1ccccc1. The fraction of sp³-hybridized carbons (Fsp3) is 0.286. The second-order valence-corrected chi connectivity index (χ2v) is 4.80. The summed E-state index contributed by atoms with van der Waals surface area (Å²) in [5.74, 6) is -0.273. The third-order valence-corrected chi connectivity index (χ3v) is 2.92. The van der Waals surface area contributed by atoms with E-state index >= 15 is 0 Å². The first-order valence-corrected chi connectivity index (χ1v) is 5.86. The summed E-state index contributed by atoms with van der Waals surface area (Å²) in [7, 11) is 0. The Bertz CT molecular complexity index is 492. The number of urea groups is 1. The minimum Gasteiger partial charge on any atom is -0.334 e. The summed E-state index contributed by atoms with van der Waals surface area (Å²) < 4.78 is 0. The monoisotopic (exact) mass is 244 g/mol. The second-order valence-electron chi connectivity index (χ2n) is 4.80. The van der Waals surface area contributed by atoms with Crippen LogP contribution in [-0.2, 0) is 11.3 Å². The largest absolute Gasteiger partial charge is 0.334 e. The first-order chi connectivity index (χ1) is 8.50. The van der Waals surface area contributed by atoms with Crippen LogP contribution < -0.4 is 5.32 Å². The molecule has 0 aliphatic carbocycles. The molecule has 0 aromatic heterocycles. The van der Waals surface area contributed by atoms with Gasteiger partial charge in [-0.15, -0.1) is 0 Å². The second kappa shape index (κ2) is 4.64. The van der Waals surface area contributed by atoms with Gasteiger partial charge in [0, 0.05) is 12.6 Å². The van der Waals surface area contributed by atoms with E-state index in [9.17, 15) is 9.59 Å². The first kappa shape index (κ1) is 12.4. The molecule has 0 saturated carbocycles.